The molecule has 0 saturated heterocycles. The van der Waals surface area contributed by atoms with E-state index in [9.17, 15) is 14.4 Å². The zero-order valence-corrected chi connectivity index (χ0v) is 12.9. The molecule has 1 aromatic carbocycles. The molecule has 0 spiro atoms. The van der Waals surface area contributed by atoms with E-state index >= 15 is 0 Å². The number of carbonyl (C=O) groups excluding carboxylic acids is 3. The third kappa shape index (κ3) is 2.45. The lowest BCUT2D eigenvalue weighted by atomic mass is 9.89. The number of allylic oxidation sites excluding steroid dienone is 2. The molecule has 1 aliphatic carbocycles. The van der Waals surface area contributed by atoms with E-state index in [0.29, 0.717) is 5.56 Å². The molecule has 0 fully saturated rings. The van der Waals surface area contributed by atoms with Gasteiger partial charge in [-0.1, -0.05) is 18.2 Å². The summed E-state index contributed by atoms with van der Waals surface area (Å²) in [6.07, 6.45) is 1.02. The Morgan fingerprint density at radius 3 is 2.09 bits per heavy atom. The SMILES string of the molecule is COC1=CC(=O)C(C(=O)c2c(C)cccc2C)=C(OC)C1=O. The summed E-state index contributed by atoms with van der Waals surface area (Å²) in [5.41, 5.74) is 1.61. The fourth-order valence-corrected chi connectivity index (χ4v) is 2.45. The van der Waals surface area contributed by atoms with Crippen molar-refractivity contribution in [3.05, 3.63) is 58.1 Å². The Hall–Kier alpha value is -2.69. The van der Waals surface area contributed by atoms with Gasteiger partial charge in [-0.3, -0.25) is 14.4 Å². The molecule has 0 saturated carbocycles. The third-order valence-electron chi connectivity index (χ3n) is 3.52. The summed E-state index contributed by atoms with van der Waals surface area (Å²) >= 11 is 0. The first-order valence-electron chi connectivity index (χ1n) is 6.66. The maximum absolute atomic E-state index is 12.8. The molecular formula is C17H16O5. The quantitative estimate of drug-likeness (QED) is 0.483. The average Bonchev–Trinajstić information content (AvgIpc) is 2.48. The highest BCUT2D eigenvalue weighted by Gasteiger charge is 2.35. The van der Waals surface area contributed by atoms with E-state index in [-0.39, 0.29) is 17.1 Å². The minimum atomic E-state index is -0.612. The minimum absolute atomic E-state index is 0.139. The smallest absolute Gasteiger partial charge is 0.263 e. The number of ether oxygens (including phenoxy) is 2. The van der Waals surface area contributed by atoms with Gasteiger partial charge < -0.3 is 9.47 Å². The van der Waals surface area contributed by atoms with Crippen molar-refractivity contribution in [2.24, 2.45) is 0 Å². The molecule has 5 heteroatoms. The number of carbonyl (C=O) groups is 3. The highest BCUT2D eigenvalue weighted by atomic mass is 16.5. The highest BCUT2D eigenvalue weighted by molar-refractivity contribution is 6.36. The van der Waals surface area contributed by atoms with E-state index in [2.05, 4.69) is 0 Å². The van der Waals surface area contributed by atoms with Gasteiger partial charge in [0.15, 0.2) is 17.3 Å². The number of Topliss-reactive ketones (excluding diaryl/α,β-unsaturated/α-hetero) is 2. The standard InChI is InChI=1S/C17H16O5/c1-9-6-5-7-10(2)13(9)16(20)14-11(18)8-12(21-3)15(19)17(14)22-4/h5-8H,1-4H3. The summed E-state index contributed by atoms with van der Waals surface area (Å²) in [5.74, 6) is -2.14. The monoisotopic (exact) mass is 300 g/mol. The first-order valence-corrected chi connectivity index (χ1v) is 6.66. The van der Waals surface area contributed by atoms with Gasteiger partial charge in [-0.2, -0.15) is 0 Å². The lowest BCUT2D eigenvalue weighted by molar-refractivity contribution is -0.120. The summed E-state index contributed by atoms with van der Waals surface area (Å²) in [6, 6.07) is 5.38. The molecule has 0 unspecified atom stereocenters. The van der Waals surface area contributed by atoms with Crippen LogP contribution >= 0.6 is 0 Å². The van der Waals surface area contributed by atoms with Crippen molar-refractivity contribution in [1.29, 1.82) is 0 Å². The number of methoxy groups -OCH3 is 2. The molecule has 0 aromatic heterocycles. The second-order valence-corrected chi connectivity index (χ2v) is 4.91. The van der Waals surface area contributed by atoms with Gasteiger partial charge in [-0.05, 0) is 25.0 Å². The van der Waals surface area contributed by atoms with Crippen molar-refractivity contribution in [3.8, 4) is 0 Å². The molecule has 1 aliphatic rings. The topological polar surface area (TPSA) is 69.7 Å². The molecule has 0 radical (unpaired) electrons. The molecule has 22 heavy (non-hydrogen) atoms. The number of hydrogen-bond acceptors (Lipinski definition) is 5. The van der Waals surface area contributed by atoms with Gasteiger partial charge in [0.1, 0.15) is 5.57 Å². The maximum Gasteiger partial charge on any atom is 0.263 e. The van der Waals surface area contributed by atoms with Crippen LogP contribution in [0.5, 0.6) is 0 Å². The largest absolute Gasteiger partial charge is 0.492 e. The van der Waals surface area contributed by atoms with E-state index in [0.717, 1.165) is 17.2 Å². The fraction of sp³-hybridized carbons (Fsp3) is 0.235. The zero-order valence-electron chi connectivity index (χ0n) is 12.9. The van der Waals surface area contributed by atoms with Crippen LogP contribution < -0.4 is 0 Å². The Labute approximate surface area is 128 Å². The number of aryl methyl sites for hydroxylation is 2. The van der Waals surface area contributed by atoms with Crippen LogP contribution in [0.1, 0.15) is 21.5 Å². The number of rotatable bonds is 4. The van der Waals surface area contributed by atoms with E-state index in [1.807, 2.05) is 6.07 Å². The van der Waals surface area contributed by atoms with E-state index < -0.39 is 17.3 Å². The van der Waals surface area contributed by atoms with Crippen molar-refractivity contribution < 1.29 is 23.9 Å². The zero-order chi connectivity index (χ0) is 16.4. The van der Waals surface area contributed by atoms with Crippen molar-refractivity contribution in [2.75, 3.05) is 14.2 Å². The van der Waals surface area contributed by atoms with Gasteiger partial charge in [0.2, 0.25) is 5.78 Å². The van der Waals surface area contributed by atoms with Crippen LogP contribution in [0.2, 0.25) is 0 Å². The Balaban J connectivity index is 2.62. The van der Waals surface area contributed by atoms with Crippen molar-refractivity contribution in [3.63, 3.8) is 0 Å². The van der Waals surface area contributed by atoms with Crippen LogP contribution in [0.25, 0.3) is 0 Å². The third-order valence-corrected chi connectivity index (χ3v) is 3.52. The van der Waals surface area contributed by atoms with Crippen LogP contribution in [0.3, 0.4) is 0 Å². The normalized spacial score (nSPS) is 14.8. The minimum Gasteiger partial charge on any atom is -0.492 e. The molecule has 114 valence electrons. The highest BCUT2D eigenvalue weighted by Crippen LogP contribution is 2.26. The van der Waals surface area contributed by atoms with Crippen LogP contribution in [0.4, 0.5) is 0 Å². The molecule has 0 bridgehead atoms. The Kier molecular flexibility index (Phi) is 4.26. The number of ketones is 3. The van der Waals surface area contributed by atoms with Gasteiger partial charge >= 0.3 is 0 Å². The maximum atomic E-state index is 12.8. The molecule has 0 N–H and O–H groups in total. The summed E-state index contributed by atoms with van der Waals surface area (Å²) in [7, 11) is 2.53. The van der Waals surface area contributed by atoms with Gasteiger partial charge in [0.25, 0.3) is 5.78 Å². The predicted octanol–water partition coefficient (Wildman–Crippen LogP) is 2.07. The lowest BCUT2D eigenvalue weighted by Gasteiger charge is -2.17. The summed E-state index contributed by atoms with van der Waals surface area (Å²) < 4.78 is 9.86. The van der Waals surface area contributed by atoms with Gasteiger partial charge in [-0.15, -0.1) is 0 Å². The molecular weight excluding hydrogens is 284 g/mol. The Morgan fingerprint density at radius 1 is 1.00 bits per heavy atom. The molecule has 2 rings (SSSR count). The first kappa shape index (κ1) is 15.7. The molecule has 1 aromatic rings. The van der Waals surface area contributed by atoms with E-state index in [1.54, 1.807) is 26.0 Å². The Bertz CT molecular complexity index is 717. The molecule has 0 atom stereocenters. The second-order valence-electron chi connectivity index (χ2n) is 4.91. The summed E-state index contributed by atoms with van der Waals surface area (Å²) in [6.45, 7) is 3.55. The van der Waals surface area contributed by atoms with Crippen molar-refractivity contribution in [2.45, 2.75) is 13.8 Å². The Morgan fingerprint density at radius 2 is 1.59 bits per heavy atom. The van der Waals surface area contributed by atoms with Gasteiger partial charge in [-0.25, -0.2) is 0 Å². The fourth-order valence-electron chi connectivity index (χ4n) is 2.45. The van der Waals surface area contributed by atoms with Crippen LogP contribution in [-0.4, -0.2) is 31.6 Å². The molecule has 0 aliphatic heterocycles. The second kappa shape index (κ2) is 5.97. The van der Waals surface area contributed by atoms with E-state index in [1.165, 1.54) is 14.2 Å². The van der Waals surface area contributed by atoms with Gasteiger partial charge in [0.05, 0.1) is 14.2 Å². The summed E-state index contributed by atoms with van der Waals surface area (Å²) in [4.78, 5) is 37.2. The predicted molar refractivity (Wildman–Crippen MR) is 79.4 cm³/mol. The van der Waals surface area contributed by atoms with E-state index in [4.69, 9.17) is 9.47 Å². The lowest BCUT2D eigenvalue weighted by Crippen LogP contribution is -2.26. The molecule has 0 heterocycles. The summed E-state index contributed by atoms with van der Waals surface area (Å²) in [5, 5.41) is 0. The van der Waals surface area contributed by atoms with Crippen molar-refractivity contribution >= 4 is 17.3 Å². The van der Waals surface area contributed by atoms with Crippen LogP contribution in [0.15, 0.2) is 41.4 Å². The average molecular weight is 300 g/mol. The van der Waals surface area contributed by atoms with Crippen LogP contribution in [-0.2, 0) is 19.1 Å². The number of benzene rings is 1. The van der Waals surface area contributed by atoms with Crippen LogP contribution in [0, 0.1) is 13.8 Å². The molecule has 5 nitrogen and oxygen atoms in total. The van der Waals surface area contributed by atoms with Crippen molar-refractivity contribution in [1.82, 2.24) is 0 Å². The van der Waals surface area contributed by atoms with Gasteiger partial charge in [0, 0.05) is 11.6 Å². The first-order chi connectivity index (χ1) is 10.4. The number of hydrogen-bond donors (Lipinski definition) is 0. The molecule has 0 amide bonds.